The Bertz CT molecular complexity index is 2780. The summed E-state index contributed by atoms with van der Waals surface area (Å²) in [6, 6.07) is 21.8. The number of non-ortho nitro benzene ring substituents is 2. The molecule has 342 valence electrons. The number of para-hydroxylation sites is 2. The summed E-state index contributed by atoms with van der Waals surface area (Å²) in [5, 5.41) is 56.6. The van der Waals surface area contributed by atoms with Gasteiger partial charge < -0.3 is 51.5 Å². The van der Waals surface area contributed by atoms with Crippen LogP contribution in [0.15, 0.2) is 104 Å². The van der Waals surface area contributed by atoms with E-state index in [2.05, 4.69) is 41.3 Å². The van der Waals surface area contributed by atoms with Crippen LogP contribution in [-0.2, 0) is 13.1 Å². The lowest BCUT2D eigenvalue weighted by atomic mass is 10.1. The van der Waals surface area contributed by atoms with Crippen LogP contribution in [0, 0.1) is 20.2 Å². The van der Waals surface area contributed by atoms with Crippen LogP contribution in [0.4, 0.5) is 56.9 Å². The molecular formula is C45H52N10O10. The van der Waals surface area contributed by atoms with E-state index in [1.807, 2.05) is 77.7 Å². The highest BCUT2D eigenvalue weighted by molar-refractivity contribution is 5.85. The molecule has 20 heteroatoms. The van der Waals surface area contributed by atoms with Gasteiger partial charge in [0, 0.05) is 36.6 Å². The molecular weight excluding hydrogens is 841 g/mol. The van der Waals surface area contributed by atoms with Crippen molar-refractivity contribution in [3.63, 3.8) is 0 Å². The van der Waals surface area contributed by atoms with Crippen LogP contribution >= 0.6 is 0 Å². The smallest absolute Gasteiger partial charge is 0.273 e. The first-order valence-corrected chi connectivity index (χ1v) is 20.5. The third-order valence-corrected chi connectivity index (χ3v) is 10.1. The van der Waals surface area contributed by atoms with Crippen LogP contribution in [0.3, 0.4) is 0 Å². The zero-order valence-corrected chi connectivity index (χ0v) is 36.6. The predicted molar refractivity (Wildman–Crippen MR) is 253 cm³/mol. The Morgan fingerprint density at radius 2 is 0.923 bits per heavy atom. The molecule has 0 aromatic heterocycles. The highest BCUT2D eigenvalue weighted by Crippen LogP contribution is 2.34. The molecule has 0 spiro atoms. The van der Waals surface area contributed by atoms with Crippen LogP contribution in [0.2, 0.25) is 0 Å². The number of anilines is 8. The fraction of sp³-hybridized carbons (Fsp3) is 0.289. The topological polar surface area (TPSA) is 265 Å². The van der Waals surface area contributed by atoms with E-state index >= 15 is 0 Å². The summed E-state index contributed by atoms with van der Waals surface area (Å²) in [6.45, 7) is 4.92. The van der Waals surface area contributed by atoms with Gasteiger partial charge in [0.05, 0.1) is 33.4 Å². The number of rotatable bonds is 22. The molecule has 65 heavy (non-hydrogen) atoms. The zero-order valence-electron chi connectivity index (χ0n) is 36.6. The van der Waals surface area contributed by atoms with E-state index in [9.17, 15) is 49.6 Å². The van der Waals surface area contributed by atoms with Gasteiger partial charge in [0.15, 0.2) is 0 Å². The number of hydrogen-bond donors (Lipinski definition) is 7. The summed E-state index contributed by atoms with van der Waals surface area (Å²) >= 11 is 0. The molecule has 0 aliphatic heterocycles. The number of nitrogens with zero attached hydrogens (tertiary/aromatic N) is 5. The Morgan fingerprint density at radius 3 is 1.35 bits per heavy atom. The summed E-state index contributed by atoms with van der Waals surface area (Å²) < 4.78 is 0. The van der Waals surface area contributed by atoms with Crippen molar-refractivity contribution >= 4 is 56.9 Å². The van der Waals surface area contributed by atoms with Crippen LogP contribution < -0.4 is 48.3 Å². The average molecular weight is 893 g/mol. The summed E-state index contributed by atoms with van der Waals surface area (Å²) in [5.74, 6) is -0.802. The van der Waals surface area contributed by atoms with E-state index in [1.165, 1.54) is 24.3 Å². The monoisotopic (exact) mass is 892 g/mol. The standard InChI is InChI=1S/C23H27N5O5.C22H25N5O5/c1-26(2)11-6-12-27(3)14-15-7-4-5-8-17(15)24-20-21(23(31)22(20)30)25-18-10-9-16(28(32)33)13-19(18)29;1-26(2)11-5-10-23-13-14-6-3-4-7-16(14)24-19-20(22(30)21(19)29)25-17-9-8-15(27(31)32)12-18(17)28/h4-5,7-10,13,24-25,29H,6,11-12,14H2,1-3H3;3-4,6-9,12,23-25,28H,5,10-11,13H2,1-2H3. The Kier molecular flexibility index (Phi) is 16.6. The number of aromatic hydroxyl groups is 2. The molecule has 0 unspecified atom stereocenters. The molecule has 0 saturated carbocycles. The van der Waals surface area contributed by atoms with Crippen molar-refractivity contribution in [3.05, 3.63) is 157 Å². The number of phenols is 2. The van der Waals surface area contributed by atoms with Gasteiger partial charge >= 0.3 is 0 Å². The zero-order chi connectivity index (χ0) is 47.4. The Hall–Kier alpha value is -7.52. The highest BCUT2D eigenvalue weighted by atomic mass is 16.6. The minimum atomic E-state index is -0.732. The van der Waals surface area contributed by atoms with Crippen molar-refractivity contribution in [2.45, 2.75) is 25.9 Å². The fourth-order valence-electron chi connectivity index (χ4n) is 6.62. The molecule has 20 nitrogen and oxygen atoms in total. The number of nitrogens with one attached hydrogen (secondary N) is 5. The molecule has 0 aliphatic rings. The van der Waals surface area contributed by atoms with E-state index in [4.69, 9.17) is 0 Å². The van der Waals surface area contributed by atoms with Crippen LogP contribution in [-0.4, -0.2) is 96.2 Å². The normalized spacial score (nSPS) is 11.2. The van der Waals surface area contributed by atoms with Crippen molar-refractivity contribution < 1.29 is 20.1 Å². The molecule has 0 saturated heterocycles. The quantitative estimate of drug-likeness (QED) is 0.0152. The predicted octanol–water partition coefficient (Wildman–Crippen LogP) is 5.19. The van der Waals surface area contributed by atoms with Gasteiger partial charge in [-0.2, -0.15) is 0 Å². The number of nitro groups is 2. The van der Waals surface area contributed by atoms with Gasteiger partial charge in [0.25, 0.3) is 33.1 Å². The first kappa shape index (κ1) is 48.5. The first-order chi connectivity index (χ1) is 30.9. The van der Waals surface area contributed by atoms with Crippen LogP contribution in [0.1, 0.15) is 24.0 Å². The Labute approximate surface area is 373 Å². The molecule has 0 atom stereocenters. The van der Waals surface area contributed by atoms with Gasteiger partial charge in [-0.05, 0) is 110 Å². The second-order valence-electron chi connectivity index (χ2n) is 15.8. The summed E-state index contributed by atoms with van der Waals surface area (Å²) in [6.07, 6.45) is 2.01. The third kappa shape index (κ3) is 12.8. The van der Waals surface area contributed by atoms with E-state index < -0.39 is 43.1 Å². The highest BCUT2D eigenvalue weighted by Gasteiger charge is 2.25. The van der Waals surface area contributed by atoms with E-state index in [0.29, 0.717) is 24.5 Å². The number of nitro benzene ring substituents is 2. The second kappa shape index (κ2) is 22.2. The van der Waals surface area contributed by atoms with E-state index in [-0.39, 0.29) is 45.5 Å². The fourth-order valence-corrected chi connectivity index (χ4v) is 6.62. The Morgan fingerprint density at radius 1 is 0.523 bits per heavy atom. The lowest BCUT2D eigenvalue weighted by Gasteiger charge is -2.21. The van der Waals surface area contributed by atoms with Gasteiger partial charge in [-0.1, -0.05) is 36.4 Å². The van der Waals surface area contributed by atoms with Gasteiger partial charge in [0.1, 0.15) is 34.2 Å². The molecule has 0 aliphatic carbocycles. The maximum Gasteiger partial charge on any atom is 0.273 e. The van der Waals surface area contributed by atoms with E-state index in [1.54, 1.807) is 6.07 Å². The lowest BCUT2D eigenvalue weighted by Crippen LogP contribution is -2.36. The minimum Gasteiger partial charge on any atom is -0.506 e. The van der Waals surface area contributed by atoms with E-state index in [0.717, 1.165) is 62.3 Å². The summed E-state index contributed by atoms with van der Waals surface area (Å²) in [7, 11) is 10.1. The maximum absolute atomic E-state index is 12.3. The summed E-state index contributed by atoms with van der Waals surface area (Å²) in [4.78, 5) is 75.6. The van der Waals surface area contributed by atoms with Crippen molar-refractivity contribution in [3.8, 4) is 11.5 Å². The van der Waals surface area contributed by atoms with Gasteiger partial charge in [-0.15, -0.1) is 0 Å². The molecule has 6 aromatic carbocycles. The number of phenolic OH excluding ortho intramolecular Hbond substituents is 2. The second-order valence-corrected chi connectivity index (χ2v) is 15.8. The minimum absolute atomic E-state index is 0.00158. The van der Waals surface area contributed by atoms with Crippen molar-refractivity contribution in [2.24, 2.45) is 0 Å². The average Bonchev–Trinajstić information content (AvgIpc) is 3.27. The number of benzene rings is 4. The molecule has 0 heterocycles. The molecule has 0 amide bonds. The first-order valence-electron chi connectivity index (χ1n) is 20.5. The summed E-state index contributed by atoms with van der Waals surface area (Å²) in [5.41, 5.74) is 0.195. The van der Waals surface area contributed by atoms with Gasteiger partial charge in [-0.25, -0.2) is 0 Å². The van der Waals surface area contributed by atoms with Crippen molar-refractivity contribution in [2.75, 3.05) is 82.7 Å². The molecule has 0 radical (unpaired) electrons. The Balaban J connectivity index is 0.000000244. The van der Waals surface area contributed by atoms with Crippen molar-refractivity contribution in [1.82, 2.24) is 20.0 Å². The molecule has 6 aromatic rings. The van der Waals surface area contributed by atoms with Gasteiger partial charge in [0.2, 0.25) is 0 Å². The van der Waals surface area contributed by atoms with Gasteiger partial charge in [-0.3, -0.25) is 39.4 Å². The SMILES string of the molecule is CN(C)CCCN(C)Cc1ccccc1Nc1c(Nc2ccc([N+](=O)[O-])cc2O)c(=O)c1=O.CN(C)CCCNCc1ccccc1Nc1c(Nc2ccc([N+](=O)[O-])cc2O)c(=O)c1=O. The number of hydrogen-bond acceptors (Lipinski definition) is 18. The van der Waals surface area contributed by atoms with Crippen LogP contribution in [0.5, 0.6) is 11.5 Å². The van der Waals surface area contributed by atoms with Crippen molar-refractivity contribution in [1.29, 1.82) is 0 Å². The molecule has 6 rings (SSSR count). The third-order valence-electron chi connectivity index (χ3n) is 10.1. The molecule has 7 N–H and O–H groups in total. The maximum atomic E-state index is 12.3. The molecule has 0 bridgehead atoms. The van der Waals surface area contributed by atoms with Crippen LogP contribution in [0.25, 0.3) is 0 Å². The largest absolute Gasteiger partial charge is 0.506 e. The lowest BCUT2D eigenvalue weighted by molar-refractivity contribution is -0.385. The molecule has 0 fully saturated rings.